The van der Waals surface area contributed by atoms with Crippen molar-refractivity contribution in [3.8, 4) is 0 Å². The van der Waals surface area contributed by atoms with Crippen molar-refractivity contribution >= 4 is 5.91 Å². The highest BCUT2D eigenvalue weighted by atomic mass is 19.2. The molecule has 0 radical (unpaired) electrons. The van der Waals surface area contributed by atoms with E-state index in [9.17, 15) is 13.6 Å². The maximum Gasteiger partial charge on any atom is 0.224 e. The van der Waals surface area contributed by atoms with Crippen LogP contribution in [0.5, 0.6) is 0 Å². The third-order valence-corrected chi connectivity index (χ3v) is 5.97. The van der Waals surface area contributed by atoms with E-state index in [-0.39, 0.29) is 17.9 Å². The van der Waals surface area contributed by atoms with E-state index in [1.165, 1.54) is 6.07 Å². The molecule has 1 N–H and O–H groups in total. The monoisotopic (exact) mass is 435 g/mol. The third-order valence-electron chi connectivity index (χ3n) is 5.97. The van der Waals surface area contributed by atoms with Crippen LogP contribution in [0.25, 0.3) is 0 Å². The minimum Gasteiger partial charge on any atom is -0.347 e. The minimum atomic E-state index is -0.824. The van der Waals surface area contributed by atoms with Crippen LogP contribution in [0.4, 0.5) is 8.78 Å². The second-order valence-corrected chi connectivity index (χ2v) is 8.31. The Hall–Kier alpha value is -3.12. The molecule has 2 heterocycles. The number of hydrogen-bond donors (Lipinski definition) is 1. The van der Waals surface area contributed by atoms with Crippen molar-refractivity contribution in [3.63, 3.8) is 0 Å². The Morgan fingerprint density at radius 2 is 1.88 bits per heavy atom. The minimum absolute atomic E-state index is 0.0554. The first-order valence-electron chi connectivity index (χ1n) is 11.0. The number of amides is 1. The molecule has 166 valence electrons. The van der Waals surface area contributed by atoms with Gasteiger partial charge in [0.2, 0.25) is 5.91 Å². The molecule has 0 spiro atoms. The summed E-state index contributed by atoms with van der Waals surface area (Å²) in [4.78, 5) is 19.5. The molecule has 32 heavy (non-hydrogen) atoms. The number of nitrogens with one attached hydrogen (secondary N) is 1. The first-order valence-corrected chi connectivity index (χ1v) is 11.0. The first-order chi connectivity index (χ1) is 15.6. The molecule has 0 saturated carbocycles. The Morgan fingerprint density at radius 3 is 2.66 bits per heavy atom. The van der Waals surface area contributed by atoms with Crippen molar-refractivity contribution in [1.29, 1.82) is 0 Å². The van der Waals surface area contributed by atoms with E-state index in [2.05, 4.69) is 15.2 Å². The highest BCUT2D eigenvalue weighted by Gasteiger charge is 2.30. The maximum absolute atomic E-state index is 14.2. The molecule has 1 aromatic heterocycles. The topological polar surface area (TPSA) is 45.2 Å². The van der Waals surface area contributed by atoms with Gasteiger partial charge < -0.3 is 5.32 Å². The molecule has 2 atom stereocenters. The molecule has 0 bridgehead atoms. The van der Waals surface area contributed by atoms with Gasteiger partial charge in [-0.1, -0.05) is 48.5 Å². The lowest BCUT2D eigenvalue weighted by Crippen LogP contribution is -2.43. The fourth-order valence-corrected chi connectivity index (χ4v) is 4.42. The van der Waals surface area contributed by atoms with Crippen molar-refractivity contribution in [2.75, 3.05) is 13.1 Å². The maximum atomic E-state index is 14.2. The van der Waals surface area contributed by atoms with E-state index in [0.717, 1.165) is 36.7 Å². The molecule has 3 aromatic rings. The summed E-state index contributed by atoms with van der Waals surface area (Å²) in [5, 5.41) is 3.19. The van der Waals surface area contributed by atoms with Crippen molar-refractivity contribution in [1.82, 2.24) is 15.2 Å². The summed E-state index contributed by atoms with van der Waals surface area (Å²) in [6.07, 6.45) is 3.87. The van der Waals surface area contributed by atoms with Crippen molar-refractivity contribution < 1.29 is 13.6 Å². The zero-order valence-electron chi connectivity index (χ0n) is 17.9. The zero-order valence-corrected chi connectivity index (χ0v) is 17.9. The predicted octanol–water partition coefficient (Wildman–Crippen LogP) is 4.67. The number of halogens is 2. The molecule has 6 heteroatoms. The van der Waals surface area contributed by atoms with Crippen molar-refractivity contribution in [2.24, 2.45) is 5.92 Å². The number of piperidine rings is 1. The number of likely N-dealkylation sites (tertiary alicyclic amines) is 1. The Bertz CT molecular complexity index is 1030. The molecule has 1 aliphatic heterocycles. The first kappa shape index (κ1) is 22.1. The average Bonchev–Trinajstić information content (AvgIpc) is 2.82. The van der Waals surface area contributed by atoms with Crippen LogP contribution in [-0.2, 0) is 17.8 Å². The van der Waals surface area contributed by atoms with Gasteiger partial charge in [-0.2, -0.15) is 0 Å². The van der Waals surface area contributed by atoms with Crippen LogP contribution in [0.3, 0.4) is 0 Å². The molecule has 4 rings (SSSR count). The second-order valence-electron chi connectivity index (χ2n) is 8.31. The summed E-state index contributed by atoms with van der Waals surface area (Å²) in [5.74, 6) is -1.54. The van der Waals surface area contributed by atoms with Crippen LogP contribution in [-0.4, -0.2) is 28.9 Å². The van der Waals surface area contributed by atoms with Gasteiger partial charge in [0.05, 0.1) is 18.2 Å². The summed E-state index contributed by atoms with van der Waals surface area (Å²) in [6.45, 7) is 1.81. The van der Waals surface area contributed by atoms with Crippen LogP contribution in [0.15, 0.2) is 72.9 Å². The third kappa shape index (κ3) is 5.56. The van der Waals surface area contributed by atoms with Gasteiger partial charge in [-0.25, -0.2) is 8.78 Å². The van der Waals surface area contributed by atoms with Gasteiger partial charge in [0.15, 0.2) is 11.6 Å². The lowest BCUT2D eigenvalue weighted by molar-refractivity contribution is -0.121. The second kappa shape index (κ2) is 10.5. The molecule has 0 aliphatic carbocycles. The Kier molecular flexibility index (Phi) is 7.22. The van der Waals surface area contributed by atoms with Crippen molar-refractivity contribution in [3.05, 3.63) is 101 Å². The van der Waals surface area contributed by atoms with E-state index in [1.807, 2.05) is 48.5 Å². The van der Waals surface area contributed by atoms with Crippen LogP contribution in [0.2, 0.25) is 0 Å². The number of pyridine rings is 1. The molecule has 4 nitrogen and oxygen atoms in total. The Morgan fingerprint density at radius 1 is 1.06 bits per heavy atom. The largest absolute Gasteiger partial charge is 0.347 e. The van der Waals surface area contributed by atoms with Gasteiger partial charge in [-0.15, -0.1) is 0 Å². The van der Waals surface area contributed by atoms with Crippen LogP contribution >= 0.6 is 0 Å². The molecular weight excluding hydrogens is 408 g/mol. The fourth-order valence-electron chi connectivity index (χ4n) is 4.42. The summed E-state index contributed by atoms with van der Waals surface area (Å²) >= 11 is 0. The lowest BCUT2D eigenvalue weighted by atomic mass is 9.88. The quantitative estimate of drug-likeness (QED) is 0.587. The molecule has 1 amide bonds. The summed E-state index contributed by atoms with van der Waals surface area (Å²) < 4.78 is 27.8. The number of hydrogen-bond acceptors (Lipinski definition) is 3. The lowest BCUT2D eigenvalue weighted by Gasteiger charge is -2.37. The predicted molar refractivity (Wildman–Crippen MR) is 120 cm³/mol. The highest BCUT2D eigenvalue weighted by Crippen LogP contribution is 2.30. The van der Waals surface area contributed by atoms with E-state index in [0.29, 0.717) is 25.1 Å². The molecule has 1 fully saturated rings. The molecule has 1 aliphatic rings. The van der Waals surface area contributed by atoms with Gasteiger partial charge >= 0.3 is 0 Å². The number of nitrogens with zero attached hydrogens (tertiary/aromatic N) is 2. The van der Waals surface area contributed by atoms with Gasteiger partial charge in [-0.05, 0) is 49.1 Å². The van der Waals surface area contributed by atoms with E-state index in [1.54, 1.807) is 12.3 Å². The Labute approximate surface area is 187 Å². The van der Waals surface area contributed by atoms with E-state index in [4.69, 9.17) is 0 Å². The van der Waals surface area contributed by atoms with Gasteiger partial charge in [0, 0.05) is 24.8 Å². The summed E-state index contributed by atoms with van der Waals surface area (Å²) in [5.41, 5.74) is 2.13. The number of carbonyl (C=O) groups excluding carboxylic acids is 1. The smallest absolute Gasteiger partial charge is 0.224 e. The normalized spacial score (nSPS) is 17.6. The molecular formula is C26H27F2N3O. The number of carbonyl (C=O) groups is 1. The Balaban J connectivity index is 1.49. The highest BCUT2D eigenvalue weighted by molar-refractivity contribution is 5.79. The van der Waals surface area contributed by atoms with Gasteiger partial charge in [0.25, 0.3) is 0 Å². The zero-order chi connectivity index (χ0) is 22.3. The standard InChI is InChI=1S/C26H27F2N3O/c27-22-12-6-10-20(25(22)28)17-31-15-7-11-21(18-31)26(23-13-4-5-14-29-23)30-24(32)16-19-8-2-1-3-9-19/h1-6,8-10,12-14,21,26H,7,11,15-18H2,(H,30,32)/t21-,26+/m0/s1. The molecule has 1 saturated heterocycles. The average molecular weight is 436 g/mol. The number of benzene rings is 2. The van der Waals surface area contributed by atoms with Crippen LogP contribution in [0, 0.1) is 17.6 Å². The summed E-state index contributed by atoms with van der Waals surface area (Å²) in [6, 6.07) is 19.4. The van der Waals surface area contributed by atoms with Crippen molar-refractivity contribution in [2.45, 2.75) is 31.8 Å². The van der Waals surface area contributed by atoms with Gasteiger partial charge in [0.1, 0.15) is 0 Å². The number of aromatic nitrogens is 1. The molecule has 2 aromatic carbocycles. The van der Waals surface area contributed by atoms with Crippen LogP contribution in [0.1, 0.15) is 35.7 Å². The summed E-state index contributed by atoms with van der Waals surface area (Å²) in [7, 11) is 0. The van der Waals surface area contributed by atoms with Crippen LogP contribution < -0.4 is 5.32 Å². The number of rotatable bonds is 7. The fraction of sp³-hybridized carbons (Fsp3) is 0.308. The molecule has 0 unspecified atom stereocenters. The van der Waals surface area contributed by atoms with E-state index >= 15 is 0 Å². The van der Waals surface area contributed by atoms with Gasteiger partial charge in [-0.3, -0.25) is 14.7 Å². The SMILES string of the molecule is O=C(Cc1ccccc1)N[C@@H](c1ccccn1)[C@H]1CCCN(Cc2cccc(F)c2F)C1. The van der Waals surface area contributed by atoms with E-state index < -0.39 is 11.6 Å².